The van der Waals surface area contributed by atoms with E-state index in [2.05, 4.69) is 10.4 Å². The summed E-state index contributed by atoms with van der Waals surface area (Å²) in [5.74, 6) is -0.0395. The largest absolute Gasteiger partial charge is 0.495 e. The zero-order valence-electron chi connectivity index (χ0n) is 17.1. The summed E-state index contributed by atoms with van der Waals surface area (Å²) >= 11 is 0. The third-order valence-corrected chi connectivity index (χ3v) is 6.54. The van der Waals surface area contributed by atoms with Crippen LogP contribution in [0, 0.1) is 6.92 Å². The van der Waals surface area contributed by atoms with E-state index < -0.39 is 22.5 Å². The minimum Gasteiger partial charge on any atom is -0.495 e. The van der Waals surface area contributed by atoms with Gasteiger partial charge in [0.15, 0.2) is 0 Å². The van der Waals surface area contributed by atoms with E-state index >= 15 is 0 Å². The van der Waals surface area contributed by atoms with Crippen molar-refractivity contribution < 1.29 is 17.9 Å². The van der Waals surface area contributed by atoms with E-state index in [1.54, 1.807) is 30.3 Å². The number of nitrogens with one attached hydrogen (secondary N) is 1. The van der Waals surface area contributed by atoms with Gasteiger partial charge in [0.25, 0.3) is 10.0 Å². The first-order valence-corrected chi connectivity index (χ1v) is 11.0. The molecule has 0 bridgehead atoms. The van der Waals surface area contributed by atoms with Gasteiger partial charge in [-0.2, -0.15) is 17.9 Å². The highest BCUT2D eigenvalue weighted by atomic mass is 32.2. The van der Waals surface area contributed by atoms with E-state index in [1.807, 2.05) is 43.3 Å². The van der Waals surface area contributed by atoms with Crippen molar-refractivity contribution in [2.24, 2.45) is 5.10 Å². The Hall–Kier alpha value is -3.65. The van der Waals surface area contributed by atoms with E-state index in [9.17, 15) is 13.2 Å². The Kier molecular flexibility index (Phi) is 5.48. The summed E-state index contributed by atoms with van der Waals surface area (Å²) < 4.78 is 32.4. The molecule has 0 spiro atoms. The number of carbonyl (C=O) groups is 1. The van der Waals surface area contributed by atoms with Crippen molar-refractivity contribution in [2.75, 3.05) is 19.0 Å². The number of benzene rings is 3. The van der Waals surface area contributed by atoms with Gasteiger partial charge >= 0.3 is 0 Å². The number of amides is 1. The van der Waals surface area contributed by atoms with E-state index in [4.69, 9.17) is 4.74 Å². The van der Waals surface area contributed by atoms with Gasteiger partial charge in [0.1, 0.15) is 18.0 Å². The van der Waals surface area contributed by atoms with Crippen molar-refractivity contribution in [1.82, 2.24) is 4.41 Å². The maximum atomic E-state index is 13.2. The summed E-state index contributed by atoms with van der Waals surface area (Å²) in [7, 11) is -2.48. The zero-order valence-corrected chi connectivity index (χ0v) is 17.9. The van der Waals surface area contributed by atoms with Crippen molar-refractivity contribution in [3.8, 4) is 5.75 Å². The van der Waals surface area contributed by atoms with Crippen LogP contribution in [0.5, 0.6) is 5.75 Å². The molecule has 1 heterocycles. The molecule has 4 rings (SSSR count). The smallest absolute Gasteiger partial charge is 0.280 e. The maximum Gasteiger partial charge on any atom is 0.280 e. The highest BCUT2D eigenvalue weighted by Gasteiger charge is 2.34. The quantitative estimate of drug-likeness (QED) is 0.665. The van der Waals surface area contributed by atoms with Crippen molar-refractivity contribution >= 4 is 27.3 Å². The van der Waals surface area contributed by atoms with Crippen LogP contribution in [0.4, 0.5) is 5.69 Å². The Morgan fingerprint density at radius 3 is 2.48 bits per heavy atom. The average Bonchev–Trinajstić information content (AvgIpc) is 2.76. The van der Waals surface area contributed by atoms with Gasteiger partial charge in [-0.15, -0.1) is 0 Å². The van der Waals surface area contributed by atoms with Crippen molar-refractivity contribution in [1.29, 1.82) is 0 Å². The van der Waals surface area contributed by atoms with Gasteiger partial charge in [0.2, 0.25) is 5.91 Å². The molecule has 1 aliphatic rings. The standard InChI is InChI=1S/C23H21N3O4S/c1-16-12-13-20(30-2)19(14-16)24-22(27)15-26-25-23(17-8-4-3-5-9-17)18-10-6-7-11-21(18)31(26,28)29/h3-14H,15H2,1-2H3,(H,24,27). The van der Waals surface area contributed by atoms with Crippen LogP contribution in [-0.2, 0) is 14.8 Å². The fourth-order valence-electron chi connectivity index (χ4n) is 3.38. The van der Waals surface area contributed by atoms with Crippen molar-refractivity contribution in [3.63, 3.8) is 0 Å². The lowest BCUT2D eigenvalue weighted by Crippen LogP contribution is -2.38. The Balaban J connectivity index is 1.69. The zero-order chi connectivity index (χ0) is 22.0. The number of hydrazone groups is 1. The van der Waals surface area contributed by atoms with Crippen molar-refractivity contribution in [2.45, 2.75) is 11.8 Å². The molecule has 0 aliphatic carbocycles. The molecule has 158 valence electrons. The Morgan fingerprint density at radius 2 is 1.74 bits per heavy atom. The molecule has 1 amide bonds. The molecule has 0 saturated heterocycles. The average molecular weight is 436 g/mol. The van der Waals surface area contributed by atoms with Gasteiger partial charge in [0, 0.05) is 11.1 Å². The second-order valence-corrected chi connectivity index (χ2v) is 8.86. The van der Waals surface area contributed by atoms with Gasteiger partial charge < -0.3 is 10.1 Å². The lowest BCUT2D eigenvalue weighted by atomic mass is 10.0. The van der Waals surface area contributed by atoms with E-state index in [-0.39, 0.29) is 4.90 Å². The number of hydrogen-bond acceptors (Lipinski definition) is 5. The third-order valence-electron chi connectivity index (χ3n) is 4.86. The van der Waals surface area contributed by atoms with Crippen LogP contribution in [0.1, 0.15) is 16.7 Å². The van der Waals surface area contributed by atoms with Gasteiger partial charge in [-0.25, -0.2) is 0 Å². The lowest BCUT2D eigenvalue weighted by Gasteiger charge is -2.26. The molecule has 8 heteroatoms. The van der Waals surface area contributed by atoms with Crippen LogP contribution in [0.15, 0.2) is 82.8 Å². The predicted octanol–water partition coefficient (Wildman–Crippen LogP) is 3.40. The summed E-state index contributed by atoms with van der Waals surface area (Å²) in [6.07, 6.45) is 0. The SMILES string of the molecule is COc1ccc(C)cc1NC(=O)CN1N=C(c2ccccc2)c2ccccc2S1(=O)=O. The summed E-state index contributed by atoms with van der Waals surface area (Å²) in [4.78, 5) is 12.9. The highest BCUT2D eigenvalue weighted by molar-refractivity contribution is 7.89. The first-order valence-electron chi connectivity index (χ1n) is 9.61. The molecule has 0 saturated carbocycles. The van der Waals surface area contributed by atoms with Crippen LogP contribution in [-0.4, -0.2) is 38.1 Å². The first kappa shape index (κ1) is 20.6. The second kappa shape index (κ2) is 8.23. The molecule has 7 nitrogen and oxygen atoms in total. The molecule has 3 aromatic carbocycles. The fourth-order valence-corrected chi connectivity index (χ4v) is 4.78. The Morgan fingerprint density at radius 1 is 1.03 bits per heavy atom. The van der Waals surface area contributed by atoms with E-state index in [0.717, 1.165) is 15.5 Å². The summed E-state index contributed by atoms with van der Waals surface area (Å²) in [6, 6.07) is 21.3. The van der Waals surface area contributed by atoms with Crippen LogP contribution < -0.4 is 10.1 Å². The van der Waals surface area contributed by atoms with Crippen molar-refractivity contribution in [3.05, 3.63) is 89.5 Å². The van der Waals surface area contributed by atoms with Crippen LogP contribution in [0.2, 0.25) is 0 Å². The number of hydrogen-bond donors (Lipinski definition) is 1. The minimum absolute atomic E-state index is 0.116. The molecule has 0 unspecified atom stereocenters. The third kappa shape index (κ3) is 4.02. The number of ether oxygens (including phenoxy) is 1. The number of aryl methyl sites for hydroxylation is 1. The Bertz CT molecular complexity index is 1270. The molecule has 0 fully saturated rings. The summed E-state index contributed by atoms with van der Waals surface area (Å²) in [5.41, 5.74) is 3.16. The number of carbonyl (C=O) groups excluding carboxylic acids is 1. The topological polar surface area (TPSA) is 88.1 Å². The fraction of sp³-hybridized carbons (Fsp3) is 0.130. The molecule has 0 radical (unpaired) electrons. The summed E-state index contributed by atoms with van der Waals surface area (Å²) in [6.45, 7) is 1.42. The number of anilines is 1. The normalized spacial score (nSPS) is 14.4. The number of nitrogens with zero attached hydrogens (tertiary/aromatic N) is 2. The number of methoxy groups -OCH3 is 1. The Labute approximate surface area is 181 Å². The maximum absolute atomic E-state index is 13.2. The minimum atomic E-state index is -3.98. The molecule has 1 aliphatic heterocycles. The molecule has 0 atom stereocenters. The van der Waals surface area contributed by atoms with Crippen LogP contribution in [0.25, 0.3) is 0 Å². The first-order chi connectivity index (χ1) is 14.9. The predicted molar refractivity (Wildman–Crippen MR) is 119 cm³/mol. The monoisotopic (exact) mass is 435 g/mol. The summed E-state index contributed by atoms with van der Waals surface area (Å²) in [5, 5.41) is 7.08. The van der Waals surface area contributed by atoms with Gasteiger partial charge in [-0.05, 0) is 30.7 Å². The highest BCUT2D eigenvalue weighted by Crippen LogP contribution is 2.29. The van der Waals surface area contributed by atoms with Crippen LogP contribution in [0.3, 0.4) is 0 Å². The molecule has 1 N–H and O–H groups in total. The van der Waals surface area contributed by atoms with Gasteiger partial charge in [0.05, 0.1) is 17.7 Å². The van der Waals surface area contributed by atoms with Gasteiger partial charge in [-0.3, -0.25) is 4.79 Å². The molecule has 3 aromatic rings. The molecule has 0 aromatic heterocycles. The number of sulfonamides is 1. The lowest BCUT2D eigenvalue weighted by molar-refractivity contribution is -0.116. The molecular weight excluding hydrogens is 414 g/mol. The van der Waals surface area contributed by atoms with Gasteiger partial charge in [-0.1, -0.05) is 54.6 Å². The molecule has 31 heavy (non-hydrogen) atoms. The van der Waals surface area contributed by atoms with Crippen LogP contribution >= 0.6 is 0 Å². The van der Waals surface area contributed by atoms with E-state index in [1.165, 1.54) is 13.2 Å². The number of rotatable bonds is 5. The molecular formula is C23H21N3O4S. The number of fused-ring (bicyclic) bond motifs is 1. The van der Waals surface area contributed by atoms with E-state index in [0.29, 0.717) is 22.7 Å². The second-order valence-electron chi connectivity index (χ2n) is 7.05.